The topological polar surface area (TPSA) is 90.6 Å². The number of nitrogens with one attached hydrogen (secondary N) is 1. The first-order valence-corrected chi connectivity index (χ1v) is 10.1. The van der Waals surface area contributed by atoms with Crippen molar-refractivity contribution in [2.24, 2.45) is 0 Å². The molecule has 1 amide bonds. The minimum Gasteiger partial charge on any atom is -0.490 e. The van der Waals surface area contributed by atoms with Gasteiger partial charge in [0.05, 0.1) is 18.9 Å². The number of nitrogens with zero attached hydrogens (tertiary/aromatic N) is 4. The van der Waals surface area contributed by atoms with E-state index in [4.69, 9.17) is 9.47 Å². The molecule has 0 bridgehead atoms. The first-order valence-electron chi connectivity index (χ1n) is 10.1. The summed E-state index contributed by atoms with van der Waals surface area (Å²) in [5.74, 6) is 1.10. The van der Waals surface area contributed by atoms with E-state index in [1.165, 1.54) is 4.52 Å². The van der Waals surface area contributed by atoms with E-state index in [9.17, 15) is 4.79 Å². The lowest BCUT2D eigenvalue weighted by molar-refractivity contribution is 0.0938. The van der Waals surface area contributed by atoms with Gasteiger partial charge in [-0.05, 0) is 43.7 Å². The Hall–Kier alpha value is -3.94. The Morgan fingerprint density at radius 3 is 2.48 bits per heavy atom. The lowest BCUT2D eigenvalue weighted by Crippen LogP contribution is -2.25. The van der Waals surface area contributed by atoms with Crippen molar-refractivity contribution in [3.63, 3.8) is 0 Å². The number of amides is 1. The third-order valence-corrected chi connectivity index (χ3v) is 4.60. The molecule has 8 heteroatoms. The largest absolute Gasteiger partial charge is 0.490 e. The summed E-state index contributed by atoms with van der Waals surface area (Å²) in [6, 6.07) is 19.0. The summed E-state index contributed by atoms with van der Waals surface area (Å²) in [6.07, 6.45) is 0. The fraction of sp³-hybridized carbons (Fsp3) is 0.217. The second-order valence-corrected chi connectivity index (χ2v) is 6.71. The van der Waals surface area contributed by atoms with Gasteiger partial charge in [0, 0.05) is 12.1 Å². The van der Waals surface area contributed by atoms with E-state index in [0.29, 0.717) is 36.9 Å². The Bertz CT molecular complexity index is 1190. The van der Waals surface area contributed by atoms with Crippen LogP contribution in [0.5, 0.6) is 11.5 Å². The van der Waals surface area contributed by atoms with Gasteiger partial charge in [-0.2, -0.15) is 9.61 Å². The van der Waals surface area contributed by atoms with Crippen LogP contribution in [0, 0.1) is 0 Å². The number of fused-ring (bicyclic) bond motifs is 1. The summed E-state index contributed by atoms with van der Waals surface area (Å²) in [6.45, 7) is 5.21. The van der Waals surface area contributed by atoms with Crippen LogP contribution >= 0.6 is 0 Å². The molecule has 8 nitrogen and oxygen atoms in total. The zero-order valence-electron chi connectivity index (χ0n) is 17.4. The van der Waals surface area contributed by atoms with Gasteiger partial charge in [-0.3, -0.25) is 4.79 Å². The first kappa shape index (κ1) is 20.3. The second-order valence-electron chi connectivity index (χ2n) is 6.71. The predicted molar refractivity (Wildman–Crippen MR) is 116 cm³/mol. The Balaban J connectivity index is 1.53. The number of carbonyl (C=O) groups is 1. The van der Waals surface area contributed by atoms with Crippen LogP contribution in [0.4, 0.5) is 0 Å². The highest BCUT2D eigenvalue weighted by Gasteiger charge is 2.16. The van der Waals surface area contributed by atoms with Gasteiger partial charge in [0.25, 0.3) is 5.91 Å². The van der Waals surface area contributed by atoms with Crippen LogP contribution in [0.1, 0.15) is 30.0 Å². The Kier molecular flexibility index (Phi) is 6.07. The molecule has 2 heterocycles. The van der Waals surface area contributed by atoms with Crippen LogP contribution in [0.25, 0.3) is 16.9 Å². The fourth-order valence-electron chi connectivity index (χ4n) is 3.16. The van der Waals surface area contributed by atoms with Crippen LogP contribution in [0.15, 0.2) is 60.7 Å². The molecule has 0 aliphatic carbocycles. The molecule has 2 aromatic heterocycles. The SMILES string of the molecule is CCOc1ccc(CNC(=O)c2nnc3ccc(-c4ccccc4)nn23)cc1OCC. The fourth-order valence-corrected chi connectivity index (χ4v) is 3.16. The van der Waals surface area contributed by atoms with Crippen molar-refractivity contribution in [2.75, 3.05) is 13.2 Å². The minimum atomic E-state index is -0.364. The zero-order valence-corrected chi connectivity index (χ0v) is 17.4. The van der Waals surface area contributed by atoms with E-state index >= 15 is 0 Å². The van der Waals surface area contributed by atoms with Gasteiger partial charge < -0.3 is 14.8 Å². The molecule has 31 heavy (non-hydrogen) atoms. The molecular formula is C23H23N5O3. The lowest BCUT2D eigenvalue weighted by atomic mass is 10.1. The van der Waals surface area contributed by atoms with Gasteiger partial charge in [-0.1, -0.05) is 36.4 Å². The molecule has 2 aromatic carbocycles. The lowest BCUT2D eigenvalue weighted by Gasteiger charge is -2.12. The van der Waals surface area contributed by atoms with Gasteiger partial charge in [0.2, 0.25) is 5.82 Å². The Morgan fingerprint density at radius 1 is 0.935 bits per heavy atom. The van der Waals surface area contributed by atoms with Crippen LogP contribution < -0.4 is 14.8 Å². The van der Waals surface area contributed by atoms with Crippen LogP contribution in [-0.2, 0) is 6.54 Å². The monoisotopic (exact) mass is 417 g/mol. The van der Waals surface area contributed by atoms with Gasteiger partial charge in [-0.25, -0.2) is 0 Å². The first-order chi connectivity index (χ1) is 15.2. The number of aromatic nitrogens is 4. The molecule has 1 N–H and O–H groups in total. The molecule has 0 radical (unpaired) electrons. The molecule has 0 spiro atoms. The zero-order chi connectivity index (χ0) is 21.6. The van der Waals surface area contributed by atoms with Crippen LogP contribution in [0.3, 0.4) is 0 Å². The van der Waals surface area contributed by atoms with E-state index in [-0.39, 0.29) is 11.7 Å². The molecule has 4 rings (SSSR count). The van der Waals surface area contributed by atoms with Crippen LogP contribution in [0.2, 0.25) is 0 Å². The van der Waals surface area contributed by atoms with Gasteiger partial charge >= 0.3 is 0 Å². The summed E-state index contributed by atoms with van der Waals surface area (Å²) in [7, 11) is 0. The molecule has 0 aliphatic rings. The third-order valence-electron chi connectivity index (χ3n) is 4.60. The molecule has 0 atom stereocenters. The van der Waals surface area contributed by atoms with Crippen molar-refractivity contribution in [2.45, 2.75) is 20.4 Å². The maximum Gasteiger partial charge on any atom is 0.291 e. The average Bonchev–Trinajstić information content (AvgIpc) is 3.23. The van der Waals surface area contributed by atoms with Crippen LogP contribution in [-0.4, -0.2) is 38.9 Å². The molecule has 0 aliphatic heterocycles. The summed E-state index contributed by atoms with van der Waals surface area (Å²) < 4.78 is 12.7. The van der Waals surface area contributed by atoms with Crippen molar-refractivity contribution in [3.05, 3.63) is 72.1 Å². The Labute approximate surface area is 179 Å². The molecule has 4 aromatic rings. The number of ether oxygens (including phenoxy) is 2. The highest BCUT2D eigenvalue weighted by Crippen LogP contribution is 2.28. The average molecular weight is 417 g/mol. The maximum atomic E-state index is 12.8. The highest BCUT2D eigenvalue weighted by molar-refractivity contribution is 5.91. The number of hydrogen-bond acceptors (Lipinski definition) is 6. The van der Waals surface area contributed by atoms with Crippen molar-refractivity contribution < 1.29 is 14.3 Å². The molecular weight excluding hydrogens is 394 g/mol. The minimum absolute atomic E-state index is 0.128. The van der Waals surface area contributed by atoms with Crippen molar-refractivity contribution in [1.29, 1.82) is 0 Å². The maximum absolute atomic E-state index is 12.8. The highest BCUT2D eigenvalue weighted by atomic mass is 16.5. The summed E-state index contributed by atoms with van der Waals surface area (Å²) in [5, 5.41) is 15.5. The van der Waals surface area contributed by atoms with Gasteiger partial charge in [-0.15, -0.1) is 10.2 Å². The summed E-state index contributed by atoms with van der Waals surface area (Å²) >= 11 is 0. The van der Waals surface area contributed by atoms with Gasteiger partial charge in [0.15, 0.2) is 17.1 Å². The van der Waals surface area contributed by atoms with Crippen molar-refractivity contribution in [1.82, 2.24) is 25.1 Å². The number of hydrogen-bond donors (Lipinski definition) is 1. The van der Waals surface area contributed by atoms with E-state index < -0.39 is 0 Å². The summed E-state index contributed by atoms with van der Waals surface area (Å²) in [4.78, 5) is 12.8. The smallest absolute Gasteiger partial charge is 0.291 e. The third kappa shape index (κ3) is 4.48. The Morgan fingerprint density at radius 2 is 1.71 bits per heavy atom. The number of carbonyl (C=O) groups excluding carboxylic acids is 1. The molecule has 0 saturated carbocycles. The van der Waals surface area contributed by atoms with E-state index in [1.807, 2.05) is 68.4 Å². The van der Waals surface area contributed by atoms with E-state index in [2.05, 4.69) is 20.6 Å². The molecule has 158 valence electrons. The normalized spacial score (nSPS) is 10.8. The van der Waals surface area contributed by atoms with E-state index in [1.54, 1.807) is 6.07 Å². The number of benzene rings is 2. The second kappa shape index (κ2) is 9.25. The molecule has 0 saturated heterocycles. The predicted octanol–water partition coefficient (Wildman–Crippen LogP) is 3.52. The quantitative estimate of drug-likeness (QED) is 0.472. The van der Waals surface area contributed by atoms with Gasteiger partial charge in [0.1, 0.15) is 0 Å². The van der Waals surface area contributed by atoms with Crippen molar-refractivity contribution >= 4 is 11.6 Å². The summed E-state index contributed by atoms with van der Waals surface area (Å²) in [5.41, 5.74) is 3.06. The molecule has 0 unspecified atom stereocenters. The van der Waals surface area contributed by atoms with Crippen molar-refractivity contribution in [3.8, 4) is 22.8 Å². The number of rotatable bonds is 8. The standard InChI is InChI=1S/C23H23N5O3/c1-3-30-19-12-10-16(14-20(19)31-4-2)15-24-23(29)22-26-25-21-13-11-18(27-28(21)22)17-8-6-5-7-9-17/h5-14H,3-4,15H2,1-2H3,(H,24,29). The molecule has 0 fully saturated rings. The van der Waals surface area contributed by atoms with E-state index in [0.717, 1.165) is 16.8 Å².